The normalized spacial score (nSPS) is 10.9. The van der Waals surface area contributed by atoms with E-state index in [0.29, 0.717) is 5.69 Å². The monoisotopic (exact) mass is 362 g/mol. The molecule has 0 heterocycles. The van der Waals surface area contributed by atoms with E-state index in [-0.39, 0.29) is 5.57 Å². The Morgan fingerprint density at radius 1 is 1.11 bits per heavy atom. The molecule has 0 aliphatic rings. The van der Waals surface area contributed by atoms with Crippen molar-refractivity contribution in [3.63, 3.8) is 0 Å². The number of carbonyl (C=O) groups is 1. The molecule has 0 atom stereocenters. The number of hydrogen-bond acceptors (Lipinski definition) is 4. The number of hydrogen-bond donors (Lipinski definition) is 2. The molecule has 0 spiro atoms. The highest BCUT2D eigenvalue weighted by molar-refractivity contribution is 6.06. The fourth-order valence-corrected chi connectivity index (χ4v) is 2.73. The van der Waals surface area contributed by atoms with Crippen LogP contribution >= 0.6 is 0 Å². The van der Waals surface area contributed by atoms with Gasteiger partial charge in [0, 0.05) is 36.4 Å². The number of benzene rings is 2. The highest BCUT2D eigenvalue weighted by Crippen LogP contribution is 2.23. The Hall–Kier alpha value is -3.26. The van der Waals surface area contributed by atoms with Crippen LogP contribution in [0.15, 0.2) is 54.2 Å². The maximum absolute atomic E-state index is 12.3. The lowest BCUT2D eigenvalue weighted by molar-refractivity contribution is -0.112. The maximum atomic E-state index is 12.3. The first kappa shape index (κ1) is 20.1. The molecular weight excluding hydrogens is 336 g/mol. The fourth-order valence-electron chi connectivity index (χ4n) is 2.73. The molecule has 1 amide bonds. The van der Waals surface area contributed by atoms with E-state index in [1.165, 1.54) is 6.20 Å². The Morgan fingerprint density at radius 2 is 1.78 bits per heavy atom. The summed E-state index contributed by atoms with van der Waals surface area (Å²) in [6.07, 6.45) is 1.45. The van der Waals surface area contributed by atoms with Crippen molar-refractivity contribution in [1.29, 1.82) is 5.26 Å². The van der Waals surface area contributed by atoms with E-state index in [0.717, 1.165) is 35.6 Å². The summed E-state index contributed by atoms with van der Waals surface area (Å²) in [5.74, 6) is -0.439. The molecule has 0 saturated heterocycles. The van der Waals surface area contributed by atoms with Crippen LogP contribution in [-0.2, 0) is 4.79 Å². The van der Waals surface area contributed by atoms with Gasteiger partial charge in [-0.15, -0.1) is 0 Å². The van der Waals surface area contributed by atoms with E-state index < -0.39 is 5.91 Å². The Labute approximate surface area is 161 Å². The Morgan fingerprint density at radius 3 is 2.33 bits per heavy atom. The molecule has 140 valence electrons. The van der Waals surface area contributed by atoms with E-state index in [4.69, 9.17) is 0 Å². The van der Waals surface area contributed by atoms with Gasteiger partial charge in [-0.05, 0) is 63.6 Å². The second-order valence-electron chi connectivity index (χ2n) is 6.31. The minimum atomic E-state index is -0.439. The van der Waals surface area contributed by atoms with Crippen LogP contribution in [0, 0.1) is 25.2 Å². The van der Waals surface area contributed by atoms with Crippen molar-refractivity contribution in [1.82, 2.24) is 0 Å². The molecule has 2 N–H and O–H groups in total. The van der Waals surface area contributed by atoms with Crippen molar-refractivity contribution in [3.8, 4) is 6.07 Å². The molecule has 0 radical (unpaired) electrons. The molecule has 0 aliphatic carbocycles. The molecule has 2 rings (SSSR count). The van der Waals surface area contributed by atoms with Crippen molar-refractivity contribution in [2.75, 3.05) is 28.6 Å². The van der Waals surface area contributed by atoms with Crippen molar-refractivity contribution in [3.05, 3.63) is 65.4 Å². The quantitative estimate of drug-likeness (QED) is 0.557. The largest absolute Gasteiger partial charge is 0.372 e. The van der Waals surface area contributed by atoms with E-state index in [9.17, 15) is 10.1 Å². The molecule has 2 aromatic rings. The van der Waals surface area contributed by atoms with Gasteiger partial charge in [0.2, 0.25) is 0 Å². The first-order valence-electron chi connectivity index (χ1n) is 9.08. The Bertz CT molecular complexity index is 859. The molecule has 0 aromatic heterocycles. The van der Waals surface area contributed by atoms with E-state index in [2.05, 4.69) is 35.4 Å². The number of rotatable bonds is 7. The van der Waals surface area contributed by atoms with Gasteiger partial charge < -0.3 is 15.5 Å². The van der Waals surface area contributed by atoms with E-state index in [1.54, 1.807) is 0 Å². The molecule has 5 heteroatoms. The van der Waals surface area contributed by atoms with Gasteiger partial charge in [-0.1, -0.05) is 17.7 Å². The first-order valence-corrected chi connectivity index (χ1v) is 9.08. The number of anilines is 3. The number of aryl methyl sites for hydroxylation is 2. The molecule has 5 nitrogen and oxygen atoms in total. The zero-order valence-electron chi connectivity index (χ0n) is 16.3. The molecular formula is C22H26N4O. The Kier molecular flexibility index (Phi) is 7.01. The predicted molar refractivity (Wildman–Crippen MR) is 112 cm³/mol. The highest BCUT2D eigenvalue weighted by Gasteiger charge is 2.10. The number of nitrogens with one attached hydrogen (secondary N) is 2. The van der Waals surface area contributed by atoms with Crippen LogP contribution in [0.2, 0.25) is 0 Å². The van der Waals surface area contributed by atoms with Crippen LogP contribution in [-0.4, -0.2) is 19.0 Å². The summed E-state index contributed by atoms with van der Waals surface area (Å²) in [6, 6.07) is 15.5. The number of nitrogens with zero attached hydrogens (tertiary/aromatic N) is 2. The lowest BCUT2D eigenvalue weighted by Crippen LogP contribution is -2.21. The van der Waals surface area contributed by atoms with Gasteiger partial charge in [0.05, 0.1) is 0 Å². The van der Waals surface area contributed by atoms with Crippen LogP contribution in [0.4, 0.5) is 17.1 Å². The zero-order chi connectivity index (χ0) is 19.8. The van der Waals surface area contributed by atoms with E-state index in [1.807, 2.05) is 56.3 Å². The fraction of sp³-hybridized carbons (Fsp3) is 0.273. The maximum Gasteiger partial charge on any atom is 0.267 e. The number of carbonyl (C=O) groups excluding carboxylic acids is 1. The summed E-state index contributed by atoms with van der Waals surface area (Å²) in [4.78, 5) is 14.6. The van der Waals surface area contributed by atoms with Gasteiger partial charge in [0.15, 0.2) is 0 Å². The van der Waals surface area contributed by atoms with Gasteiger partial charge in [0.1, 0.15) is 11.6 Å². The number of nitriles is 1. The summed E-state index contributed by atoms with van der Waals surface area (Å²) < 4.78 is 0. The van der Waals surface area contributed by atoms with Crippen LogP contribution in [0.25, 0.3) is 0 Å². The third-order valence-electron chi connectivity index (χ3n) is 4.39. The van der Waals surface area contributed by atoms with Crippen LogP contribution in [0.3, 0.4) is 0 Å². The van der Waals surface area contributed by atoms with Gasteiger partial charge >= 0.3 is 0 Å². The topological polar surface area (TPSA) is 68.2 Å². The minimum absolute atomic E-state index is 0.0165. The van der Waals surface area contributed by atoms with Crippen molar-refractivity contribution in [2.24, 2.45) is 0 Å². The molecule has 0 saturated carbocycles. The van der Waals surface area contributed by atoms with Gasteiger partial charge in [-0.2, -0.15) is 5.26 Å². The van der Waals surface area contributed by atoms with Crippen molar-refractivity contribution in [2.45, 2.75) is 27.7 Å². The molecule has 2 aromatic carbocycles. The predicted octanol–water partition coefficient (Wildman–Crippen LogP) is 4.61. The van der Waals surface area contributed by atoms with Gasteiger partial charge in [-0.3, -0.25) is 4.79 Å². The average Bonchev–Trinajstić information content (AvgIpc) is 2.66. The van der Waals surface area contributed by atoms with Gasteiger partial charge in [-0.25, -0.2) is 0 Å². The van der Waals surface area contributed by atoms with Crippen LogP contribution < -0.4 is 15.5 Å². The lowest BCUT2D eigenvalue weighted by atomic mass is 10.1. The third kappa shape index (κ3) is 5.35. The second kappa shape index (κ2) is 9.44. The second-order valence-corrected chi connectivity index (χ2v) is 6.31. The SMILES string of the molecule is CCN(CC)c1ccc(N/C=C(/C#N)C(=O)Nc2ccc(C)cc2)c(C)c1. The summed E-state index contributed by atoms with van der Waals surface area (Å²) >= 11 is 0. The molecule has 0 fully saturated rings. The number of amides is 1. The first-order chi connectivity index (χ1) is 13.0. The zero-order valence-corrected chi connectivity index (χ0v) is 16.3. The Balaban J connectivity index is 2.11. The minimum Gasteiger partial charge on any atom is -0.372 e. The standard InChI is InChI=1S/C22H26N4O/c1-5-26(6-2)20-11-12-21(17(4)13-20)24-15-18(14-23)22(27)25-19-9-7-16(3)8-10-19/h7-13,15,24H,5-6H2,1-4H3,(H,25,27)/b18-15-. The summed E-state index contributed by atoms with van der Waals surface area (Å²) in [5.41, 5.74) is 4.85. The third-order valence-corrected chi connectivity index (χ3v) is 4.39. The van der Waals surface area contributed by atoms with E-state index >= 15 is 0 Å². The summed E-state index contributed by atoms with van der Waals surface area (Å²) in [5, 5.41) is 15.1. The molecule has 0 unspecified atom stereocenters. The average molecular weight is 362 g/mol. The molecule has 0 bridgehead atoms. The van der Waals surface area contributed by atoms with Crippen molar-refractivity contribution < 1.29 is 4.79 Å². The molecule has 27 heavy (non-hydrogen) atoms. The smallest absolute Gasteiger partial charge is 0.267 e. The highest BCUT2D eigenvalue weighted by atomic mass is 16.1. The summed E-state index contributed by atoms with van der Waals surface area (Å²) in [6.45, 7) is 10.1. The van der Waals surface area contributed by atoms with Crippen LogP contribution in [0.1, 0.15) is 25.0 Å². The van der Waals surface area contributed by atoms with Gasteiger partial charge in [0.25, 0.3) is 5.91 Å². The van der Waals surface area contributed by atoms with Crippen LogP contribution in [0.5, 0.6) is 0 Å². The van der Waals surface area contributed by atoms with Crippen molar-refractivity contribution >= 4 is 23.0 Å². The lowest BCUT2D eigenvalue weighted by Gasteiger charge is -2.22. The molecule has 0 aliphatic heterocycles. The summed E-state index contributed by atoms with van der Waals surface area (Å²) in [7, 11) is 0.